The van der Waals surface area contributed by atoms with E-state index in [0.29, 0.717) is 5.75 Å². The third kappa shape index (κ3) is 4.57. The van der Waals surface area contributed by atoms with Gasteiger partial charge in [-0.1, -0.05) is 86.6 Å². The number of aromatic nitrogens is 4. The van der Waals surface area contributed by atoms with E-state index in [1.54, 1.807) is 14.0 Å². The van der Waals surface area contributed by atoms with Crippen LogP contribution in [0, 0.1) is 5.92 Å². The summed E-state index contributed by atoms with van der Waals surface area (Å²) in [5, 5.41) is 3.52. The standard InChI is InChI=1S/C33H33F2N5O3/c1-5-32(35)21(2)31(3,34)29(43-32)40-20-36-26-27(40)37-30(38-28(26)41)39-33(22-12-8-6-9-13-22,23-14-10-7-11-15-23)24-16-18-25(42-4)19-17-24/h6-21,29H,5H2,1-4H3,(H2,37,38,39,41)/t21-,29+,31+,32+/m0/s1. The molecule has 0 saturated carbocycles. The Labute approximate surface area is 247 Å². The summed E-state index contributed by atoms with van der Waals surface area (Å²) in [4.78, 5) is 25.1. The maximum absolute atomic E-state index is 16.1. The van der Waals surface area contributed by atoms with Crippen LogP contribution in [0.25, 0.3) is 11.2 Å². The van der Waals surface area contributed by atoms with Crippen LogP contribution < -0.4 is 15.6 Å². The summed E-state index contributed by atoms with van der Waals surface area (Å²) in [6.07, 6.45) is -0.136. The molecule has 4 atom stereocenters. The molecular formula is C33H33F2N5O3. The van der Waals surface area contributed by atoms with Crippen molar-refractivity contribution >= 4 is 17.1 Å². The fourth-order valence-electron chi connectivity index (χ4n) is 6.02. The number of hydrogen-bond acceptors (Lipinski definition) is 6. The van der Waals surface area contributed by atoms with E-state index in [9.17, 15) is 4.79 Å². The van der Waals surface area contributed by atoms with Crippen LogP contribution in [0.15, 0.2) is 96.1 Å². The number of methoxy groups -OCH3 is 1. The molecule has 0 amide bonds. The van der Waals surface area contributed by atoms with Gasteiger partial charge < -0.3 is 14.8 Å². The number of nitrogens with zero attached hydrogens (tertiary/aromatic N) is 3. The van der Waals surface area contributed by atoms with Gasteiger partial charge in [-0.15, -0.1) is 0 Å². The number of anilines is 1. The average molecular weight is 586 g/mol. The Morgan fingerprint density at radius 1 is 1.00 bits per heavy atom. The smallest absolute Gasteiger partial charge is 0.280 e. The monoisotopic (exact) mass is 585 g/mol. The summed E-state index contributed by atoms with van der Waals surface area (Å²) in [5.74, 6) is -2.45. The molecule has 0 radical (unpaired) electrons. The van der Waals surface area contributed by atoms with Crippen LogP contribution in [-0.2, 0) is 10.3 Å². The van der Waals surface area contributed by atoms with E-state index >= 15 is 8.78 Å². The van der Waals surface area contributed by atoms with Crippen LogP contribution >= 0.6 is 0 Å². The van der Waals surface area contributed by atoms with Crippen LogP contribution in [0.4, 0.5) is 14.7 Å². The van der Waals surface area contributed by atoms with Crippen molar-refractivity contribution in [2.24, 2.45) is 5.92 Å². The zero-order valence-corrected chi connectivity index (χ0v) is 24.3. The molecule has 3 heterocycles. The van der Waals surface area contributed by atoms with Gasteiger partial charge in [-0.05, 0) is 35.7 Å². The van der Waals surface area contributed by atoms with Crippen LogP contribution in [-0.4, -0.2) is 38.2 Å². The van der Waals surface area contributed by atoms with Gasteiger partial charge in [0.15, 0.2) is 23.1 Å². The second kappa shape index (κ2) is 10.6. The highest BCUT2D eigenvalue weighted by Gasteiger charge is 2.61. The molecule has 222 valence electrons. The maximum Gasteiger partial charge on any atom is 0.280 e. The first-order chi connectivity index (χ1) is 20.6. The van der Waals surface area contributed by atoms with Crippen molar-refractivity contribution in [2.75, 3.05) is 12.4 Å². The molecule has 1 aliphatic rings. The quantitative estimate of drug-likeness (QED) is 0.202. The second-order valence-corrected chi connectivity index (χ2v) is 11.1. The number of ether oxygens (including phenoxy) is 2. The van der Waals surface area contributed by atoms with E-state index in [-0.39, 0.29) is 23.5 Å². The summed E-state index contributed by atoms with van der Waals surface area (Å²) in [6.45, 7) is 4.40. The topological polar surface area (TPSA) is 94.1 Å². The predicted octanol–water partition coefficient (Wildman–Crippen LogP) is 6.50. The number of H-pyrrole nitrogens is 1. The first-order valence-corrected chi connectivity index (χ1v) is 14.2. The summed E-state index contributed by atoms with van der Waals surface area (Å²) in [6, 6.07) is 27.2. The molecule has 1 fully saturated rings. The molecule has 43 heavy (non-hydrogen) atoms. The number of nitrogens with one attached hydrogen (secondary N) is 2. The molecule has 8 nitrogen and oxygen atoms in total. The number of fused-ring (bicyclic) bond motifs is 1. The van der Waals surface area contributed by atoms with E-state index in [1.165, 1.54) is 24.7 Å². The molecule has 10 heteroatoms. The minimum absolute atomic E-state index is 0.0140. The SMILES string of the molecule is CC[C@@]1(F)O[C@@H](n2cnc3c(=O)[nH]c(NC(c4ccccc4)(c4ccccc4)c4ccc(OC)cc4)nc32)[C@](C)(F)[C@@H]1C. The Morgan fingerprint density at radius 3 is 2.12 bits per heavy atom. The molecule has 6 rings (SSSR count). The highest BCUT2D eigenvalue weighted by molar-refractivity contribution is 5.72. The zero-order valence-electron chi connectivity index (χ0n) is 24.3. The Kier molecular flexibility index (Phi) is 7.04. The highest BCUT2D eigenvalue weighted by atomic mass is 19.2. The van der Waals surface area contributed by atoms with Crippen LogP contribution in [0.3, 0.4) is 0 Å². The minimum Gasteiger partial charge on any atom is -0.497 e. The van der Waals surface area contributed by atoms with Gasteiger partial charge in [0, 0.05) is 6.42 Å². The van der Waals surface area contributed by atoms with Crippen LogP contribution in [0.5, 0.6) is 5.75 Å². The molecule has 0 unspecified atom stereocenters. The number of rotatable bonds is 8. The maximum atomic E-state index is 16.1. The third-order valence-corrected chi connectivity index (χ3v) is 8.69. The zero-order chi connectivity index (χ0) is 30.4. The van der Waals surface area contributed by atoms with Gasteiger partial charge in [-0.3, -0.25) is 14.3 Å². The fourth-order valence-corrected chi connectivity index (χ4v) is 6.02. The fraction of sp³-hybridized carbons (Fsp3) is 0.303. The number of imidazole rings is 1. The summed E-state index contributed by atoms with van der Waals surface area (Å²) in [5.41, 5.74) is -1.03. The summed E-state index contributed by atoms with van der Waals surface area (Å²) < 4.78 is 44.1. The van der Waals surface area contributed by atoms with Gasteiger partial charge in [0.2, 0.25) is 11.8 Å². The number of aromatic amines is 1. The van der Waals surface area contributed by atoms with Crippen molar-refractivity contribution in [2.45, 2.75) is 50.5 Å². The van der Waals surface area contributed by atoms with Gasteiger partial charge in [0.1, 0.15) is 11.3 Å². The summed E-state index contributed by atoms with van der Waals surface area (Å²) >= 11 is 0. The molecule has 0 aliphatic carbocycles. The third-order valence-electron chi connectivity index (χ3n) is 8.69. The molecule has 5 aromatic rings. The molecule has 2 N–H and O–H groups in total. The summed E-state index contributed by atoms with van der Waals surface area (Å²) in [7, 11) is 1.60. The molecule has 0 bridgehead atoms. The van der Waals surface area contributed by atoms with Crippen molar-refractivity contribution in [1.82, 2.24) is 19.5 Å². The first kappa shape index (κ1) is 28.5. The number of hydrogen-bond donors (Lipinski definition) is 2. The van der Waals surface area contributed by atoms with Gasteiger partial charge in [-0.2, -0.15) is 4.98 Å². The molecule has 2 aromatic heterocycles. The molecule has 1 saturated heterocycles. The van der Waals surface area contributed by atoms with Gasteiger partial charge in [0.05, 0.1) is 19.4 Å². The molecule has 1 aliphatic heterocycles. The lowest BCUT2D eigenvalue weighted by molar-refractivity contribution is -0.172. The van der Waals surface area contributed by atoms with Crippen molar-refractivity contribution in [3.63, 3.8) is 0 Å². The molecule has 0 spiro atoms. The highest BCUT2D eigenvalue weighted by Crippen LogP contribution is 2.53. The largest absolute Gasteiger partial charge is 0.497 e. The normalized spacial score (nSPS) is 23.9. The van der Waals surface area contributed by atoms with E-state index in [0.717, 1.165) is 16.7 Å². The number of alkyl halides is 2. The number of halogens is 2. The van der Waals surface area contributed by atoms with E-state index in [1.807, 2.05) is 84.9 Å². The van der Waals surface area contributed by atoms with Crippen molar-refractivity contribution < 1.29 is 18.3 Å². The minimum atomic E-state index is -2.18. The van der Waals surface area contributed by atoms with E-state index < -0.39 is 34.8 Å². The Balaban J connectivity index is 1.55. The van der Waals surface area contributed by atoms with E-state index in [4.69, 9.17) is 14.5 Å². The van der Waals surface area contributed by atoms with Crippen molar-refractivity contribution in [3.05, 3.63) is 118 Å². The first-order valence-electron chi connectivity index (χ1n) is 14.2. The molecular weight excluding hydrogens is 552 g/mol. The Hall–Kier alpha value is -4.57. The second-order valence-electron chi connectivity index (χ2n) is 11.1. The molecule has 3 aromatic carbocycles. The lowest BCUT2D eigenvalue weighted by atomic mass is 9.77. The lowest BCUT2D eigenvalue weighted by Gasteiger charge is -2.37. The van der Waals surface area contributed by atoms with Crippen molar-refractivity contribution in [1.29, 1.82) is 0 Å². The average Bonchev–Trinajstić information content (AvgIpc) is 3.53. The van der Waals surface area contributed by atoms with Gasteiger partial charge in [-0.25, -0.2) is 13.8 Å². The number of benzene rings is 3. The van der Waals surface area contributed by atoms with E-state index in [2.05, 4.69) is 15.3 Å². The Morgan fingerprint density at radius 2 is 1.58 bits per heavy atom. The van der Waals surface area contributed by atoms with Crippen LogP contribution in [0.1, 0.15) is 50.1 Å². The van der Waals surface area contributed by atoms with Crippen LogP contribution in [0.2, 0.25) is 0 Å². The lowest BCUT2D eigenvalue weighted by Crippen LogP contribution is -2.39. The Bertz CT molecular complexity index is 1750. The predicted molar refractivity (Wildman–Crippen MR) is 160 cm³/mol. The van der Waals surface area contributed by atoms with Crippen molar-refractivity contribution in [3.8, 4) is 5.75 Å². The van der Waals surface area contributed by atoms with Gasteiger partial charge in [0.25, 0.3) is 5.56 Å². The van der Waals surface area contributed by atoms with Gasteiger partial charge >= 0.3 is 0 Å².